The predicted octanol–water partition coefficient (Wildman–Crippen LogP) is 3.86. The number of halogens is 1. The van der Waals surface area contributed by atoms with Gasteiger partial charge in [0, 0.05) is 11.7 Å². The number of anilines is 1. The highest BCUT2D eigenvalue weighted by atomic mass is 19.1. The predicted molar refractivity (Wildman–Crippen MR) is 83.7 cm³/mol. The Hall–Kier alpha value is -1.42. The Balaban J connectivity index is 1.83. The largest absolute Gasteiger partial charge is 0.325 e. The molecule has 116 valence electrons. The van der Waals surface area contributed by atoms with Crippen molar-refractivity contribution in [2.24, 2.45) is 0 Å². The molecule has 3 nitrogen and oxygen atoms in total. The summed E-state index contributed by atoms with van der Waals surface area (Å²) >= 11 is 0. The van der Waals surface area contributed by atoms with E-state index in [2.05, 4.69) is 10.6 Å². The van der Waals surface area contributed by atoms with Gasteiger partial charge in [0.25, 0.3) is 0 Å². The molecule has 1 aromatic rings. The van der Waals surface area contributed by atoms with Crippen molar-refractivity contribution >= 4 is 11.6 Å². The number of benzene rings is 1. The topological polar surface area (TPSA) is 41.1 Å². The third-order valence-electron chi connectivity index (χ3n) is 4.08. The third kappa shape index (κ3) is 5.46. The number of amides is 1. The fourth-order valence-corrected chi connectivity index (χ4v) is 2.87. The van der Waals surface area contributed by atoms with Crippen molar-refractivity contribution in [3.8, 4) is 0 Å². The van der Waals surface area contributed by atoms with Gasteiger partial charge in [-0.15, -0.1) is 0 Å². The first-order valence-corrected chi connectivity index (χ1v) is 7.97. The Morgan fingerprint density at radius 1 is 1.19 bits per heavy atom. The second-order valence-corrected chi connectivity index (χ2v) is 5.93. The molecule has 1 saturated carbocycles. The maximum Gasteiger partial charge on any atom is 0.241 e. The smallest absolute Gasteiger partial charge is 0.241 e. The van der Waals surface area contributed by atoms with Crippen LogP contribution in [0.25, 0.3) is 0 Å². The molecule has 1 aromatic carbocycles. The summed E-state index contributed by atoms with van der Waals surface area (Å²) in [4.78, 5) is 12.2. The van der Waals surface area contributed by atoms with Crippen LogP contribution in [-0.2, 0) is 4.79 Å². The second kappa shape index (κ2) is 8.13. The van der Waals surface area contributed by atoms with E-state index >= 15 is 0 Å². The minimum atomic E-state index is -0.339. The van der Waals surface area contributed by atoms with Crippen molar-refractivity contribution in [2.75, 3.05) is 5.32 Å². The summed E-state index contributed by atoms with van der Waals surface area (Å²) in [6.45, 7) is 1.87. The van der Waals surface area contributed by atoms with Crippen LogP contribution in [-0.4, -0.2) is 18.0 Å². The van der Waals surface area contributed by atoms with Crippen molar-refractivity contribution in [3.05, 3.63) is 30.1 Å². The summed E-state index contributed by atoms with van der Waals surface area (Å²) in [5.41, 5.74) is 0.506. The van der Waals surface area contributed by atoms with E-state index in [0.29, 0.717) is 11.7 Å². The summed E-state index contributed by atoms with van der Waals surface area (Å²) in [5.74, 6) is -0.448. The van der Waals surface area contributed by atoms with Gasteiger partial charge in [-0.1, -0.05) is 38.2 Å². The van der Waals surface area contributed by atoms with Crippen molar-refractivity contribution in [3.63, 3.8) is 0 Å². The zero-order chi connectivity index (χ0) is 15.1. The second-order valence-electron chi connectivity index (χ2n) is 5.93. The number of carbonyl (C=O) groups is 1. The Kier molecular flexibility index (Phi) is 6.18. The molecule has 2 rings (SSSR count). The Morgan fingerprint density at radius 3 is 2.52 bits per heavy atom. The quantitative estimate of drug-likeness (QED) is 0.885. The highest BCUT2D eigenvalue weighted by Gasteiger charge is 2.18. The van der Waals surface area contributed by atoms with E-state index in [1.807, 2.05) is 6.92 Å². The highest BCUT2D eigenvalue weighted by Crippen LogP contribution is 2.17. The van der Waals surface area contributed by atoms with Crippen molar-refractivity contribution in [2.45, 2.75) is 64.0 Å². The summed E-state index contributed by atoms with van der Waals surface area (Å²) < 4.78 is 13.1. The van der Waals surface area contributed by atoms with Crippen LogP contribution in [0.4, 0.5) is 10.1 Å². The van der Waals surface area contributed by atoms with Crippen LogP contribution < -0.4 is 10.6 Å². The van der Waals surface area contributed by atoms with Crippen LogP contribution in [0.15, 0.2) is 24.3 Å². The molecule has 1 amide bonds. The van der Waals surface area contributed by atoms with Crippen molar-refractivity contribution in [1.82, 2.24) is 5.32 Å². The number of rotatable bonds is 4. The number of hydrogen-bond acceptors (Lipinski definition) is 2. The SMILES string of the molecule is C[C@H](NC1CCCCCCC1)C(=O)Nc1cccc(F)c1. The molecule has 0 aromatic heterocycles. The molecule has 2 N–H and O–H groups in total. The van der Waals surface area contributed by atoms with E-state index in [1.54, 1.807) is 12.1 Å². The minimum Gasteiger partial charge on any atom is -0.325 e. The molecule has 4 heteroatoms. The molecule has 0 saturated heterocycles. The van der Waals surface area contributed by atoms with Crippen LogP contribution in [0, 0.1) is 5.82 Å². The maximum atomic E-state index is 13.1. The Morgan fingerprint density at radius 2 is 1.86 bits per heavy atom. The zero-order valence-corrected chi connectivity index (χ0v) is 12.7. The zero-order valence-electron chi connectivity index (χ0n) is 12.7. The molecule has 0 unspecified atom stereocenters. The van der Waals surface area contributed by atoms with Crippen molar-refractivity contribution in [1.29, 1.82) is 0 Å². The lowest BCUT2D eigenvalue weighted by Crippen LogP contribution is -2.44. The fraction of sp³-hybridized carbons (Fsp3) is 0.588. The van der Waals surface area contributed by atoms with Gasteiger partial charge in [0.15, 0.2) is 0 Å². The molecular weight excluding hydrogens is 267 g/mol. The molecule has 0 bridgehead atoms. The molecule has 0 spiro atoms. The van der Waals surface area contributed by atoms with Gasteiger partial charge in [0.2, 0.25) is 5.91 Å². The summed E-state index contributed by atoms with van der Waals surface area (Å²) in [7, 11) is 0. The van der Waals surface area contributed by atoms with Crippen LogP contribution in [0.2, 0.25) is 0 Å². The molecular formula is C17H25FN2O. The minimum absolute atomic E-state index is 0.109. The lowest BCUT2D eigenvalue weighted by atomic mass is 9.96. The molecule has 0 heterocycles. The van der Waals surface area contributed by atoms with Gasteiger partial charge < -0.3 is 10.6 Å². The first-order valence-electron chi connectivity index (χ1n) is 7.97. The molecule has 1 atom stereocenters. The van der Waals surface area contributed by atoms with Crippen LogP contribution in [0.1, 0.15) is 51.9 Å². The number of nitrogens with one attached hydrogen (secondary N) is 2. The summed E-state index contributed by atoms with van der Waals surface area (Å²) in [6.07, 6.45) is 8.66. The fourth-order valence-electron chi connectivity index (χ4n) is 2.87. The average molecular weight is 292 g/mol. The lowest BCUT2D eigenvalue weighted by molar-refractivity contribution is -0.118. The van der Waals surface area contributed by atoms with Crippen LogP contribution in [0.3, 0.4) is 0 Å². The first kappa shape index (κ1) is 16.0. The van der Waals surface area contributed by atoms with Gasteiger partial charge in [-0.25, -0.2) is 4.39 Å². The van der Waals surface area contributed by atoms with E-state index in [0.717, 1.165) is 12.8 Å². The van der Waals surface area contributed by atoms with Gasteiger partial charge in [-0.3, -0.25) is 4.79 Å². The van der Waals surface area contributed by atoms with Gasteiger partial charge in [0.05, 0.1) is 6.04 Å². The maximum absolute atomic E-state index is 13.1. The van der Waals surface area contributed by atoms with Crippen molar-refractivity contribution < 1.29 is 9.18 Å². The third-order valence-corrected chi connectivity index (χ3v) is 4.08. The van der Waals surface area contributed by atoms with E-state index in [9.17, 15) is 9.18 Å². The Labute approximate surface area is 126 Å². The normalized spacial score (nSPS) is 18.6. The van der Waals surface area contributed by atoms with E-state index in [-0.39, 0.29) is 17.8 Å². The molecule has 21 heavy (non-hydrogen) atoms. The van der Waals surface area contributed by atoms with Crippen LogP contribution >= 0.6 is 0 Å². The monoisotopic (exact) mass is 292 g/mol. The van der Waals surface area contributed by atoms with E-state index in [4.69, 9.17) is 0 Å². The first-order chi connectivity index (χ1) is 10.1. The van der Waals surface area contributed by atoms with Gasteiger partial charge in [-0.2, -0.15) is 0 Å². The summed E-state index contributed by atoms with van der Waals surface area (Å²) in [6, 6.07) is 6.14. The Bertz CT molecular complexity index is 456. The molecule has 1 aliphatic carbocycles. The van der Waals surface area contributed by atoms with Gasteiger partial charge in [0.1, 0.15) is 5.82 Å². The van der Waals surface area contributed by atoms with Crippen LogP contribution in [0.5, 0.6) is 0 Å². The molecule has 1 fully saturated rings. The average Bonchev–Trinajstić information content (AvgIpc) is 2.41. The molecule has 1 aliphatic rings. The molecule has 0 radical (unpaired) electrons. The standard InChI is InChI=1S/C17H25FN2O/c1-13(19-15-9-5-3-2-4-6-10-15)17(21)20-16-11-7-8-14(18)12-16/h7-8,11-13,15,19H,2-6,9-10H2,1H3,(H,20,21)/t13-/m0/s1. The lowest BCUT2D eigenvalue weighted by Gasteiger charge is -2.24. The van der Waals surface area contributed by atoms with E-state index < -0.39 is 0 Å². The summed E-state index contributed by atoms with van der Waals surface area (Å²) in [5, 5.41) is 6.17. The van der Waals surface area contributed by atoms with Gasteiger partial charge >= 0.3 is 0 Å². The molecule has 0 aliphatic heterocycles. The highest BCUT2D eigenvalue weighted by molar-refractivity contribution is 5.94. The number of carbonyl (C=O) groups excluding carboxylic acids is 1. The van der Waals surface area contributed by atoms with E-state index in [1.165, 1.54) is 44.2 Å². The number of hydrogen-bond donors (Lipinski definition) is 2. The van der Waals surface area contributed by atoms with Gasteiger partial charge in [-0.05, 0) is 38.0 Å².